The van der Waals surface area contributed by atoms with Crippen molar-refractivity contribution in [1.29, 1.82) is 0 Å². The molecule has 1 heterocycles. The summed E-state index contributed by atoms with van der Waals surface area (Å²) in [4.78, 5) is 8.15. The second kappa shape index (κ2) is 11.7. The van der Waals surface area contributed by atoms with E-state index in [0.717, 1.165) is 28.6 Å². The first-order valence-corrected chi connectivity index (χ1v) is 9.59. The Morgan fingerprint density at radius 1 is 1.30 bits per heavy atom. The first-order valence-electron chi connectivity index (χ1n) is 7.72. The average molecular weight is 534 g/mol. The van der Waals surface area contributed by atoms with E-state index in [1.807, 2.05) is 5.38 Å². The lowest BCUT2D eigenvalue weighted by molar-refractivity contribution is -0.138. The van der Waals surface area contributed by atoms with E-state index in [1.165, 1.54) is 7.05 Å². The Balaban J connectivity index is 0.00000364. The molecule has 2 rings (SSSR count). The number of aromatic nitrogens is 1. The number of benzene rings is 1. The average Bonchev–Trinajstić information content (AvgIpc) is 3.10. The van der Waals surface area contributed by atoms with Crippen molar-refractivity contribution in [1.82, 2.24) is 15.6 Å². The van der Waals surface area contributed by atoms with Crippen LogP contribution in [0.4, 0.5) is 17.6 Å². The highest BCUT2D eigenvalue weighted by atomic mass is 127. The molecule has 1 aromatic heterocycles. The molecule has 0 amide bonds. The van der Waals surface area contributed by atoms with Crippen molar-refractivity contribution < 1.29 is 17.6 Å². The fourth-order valence-electron chi connectivity index (χ4n) is 2.09. The van der Waals surface area contributed by atoms with Crippen LogP contribution in [0, 0.1) is 5.82 Å². The number of thioether (sulfide) groups is 1. The Bertz CT molecular complexity index is 724. The zero-order valence-corrected chi connectivity index (χ0v) is 18.3. The Morgan fingerprint density at radius 3 is 2.70 bits per heavy atom. The van der Waals surface area contributed by atoms with Gasteiger partial charge in [0.25, 0.3) is 0 Å². The van der Waals surface area contributed by atoms with E-state index >= 15 is 0 Å². The standard InChI is InChI=1S/C16H18F4N4S2.HI/c1-21-14(22-5-2-7-25-15-23-6-8-26-15)24-10-11-3-4-12(17)9-13(11)16(18,19)20;/h3-4,6,8-9H,2,5,7,10H2,1H3,(H2,21,22,24);1H. The molecule has 0 aliphatic heterocycles. The highest BCUT2D eigenvalue weighted by Gasteiger charge is 2.33. The first kappa shape index (κ1) is 24.0. The molecule has 0 saturated carbocycles. The van der Waals surface area contributed by atoms with Crippen molar-refractivity contribution in [3.8, 4) is 0 Å². The summed E-state index contributed by atoms with van der Waals surface area (Å²) in [5.74, 6) is 0.344. The number of nitrogens with zero attached hydrogens (tertiary/aromatic N) is 2. The molecule has 27 heavy (non-hydrogen) atoms. The molecule has 1 aromatic carbocycles. The summed E-state index contributed by atoms with van der Waals surface area (Å²) < 4.78 is 53.1. The third-order valence-electron chi connectivity index (χ3n) is 3.30. The summed E-state index contributed by atoms with van der Waals surface area (Å²) >= 11 is 3.23. The fourth-order valence-corrected chi connectivity index (χ4v) is 3.73. The quantitative estimate of drug-likeness (QED) is 0.134. The lowest BCUT2D eigenvalue weighted by Crippen LogP contribution is -2.37. The van der Waals surface area contributed by atoms with Crippen LogP contribution in [0.2, 0.25) is 0 Å². The SMILES string of the molecule is CN=C(NCCCSc1nccs1)NCc1ccc(F)cc1C(F)(F)F.I. The number of guanidine groups is 1. The van der Waals surface area contributed by atoms with E-state index in [2.05, 4.69) is 20.6 Å². The molecule has 0 radical (unpaired) electrons. The van der Waals surface area contributed by atoms with Crippen LogP contribution < -0.4 is 10.6 Å². The highest BCUT2D eigenvalue weighted by Crippen LogP contribution is 2.32. The molecular formula is C16H19F4IN4S2. The van der Waals surface area contributed by atoms with Crippen molar-refractivity contribution in [3.05, 3.63) is 46.7 Å². The van der Waals surface area contributed by atoms with Crippen molar-refractivity contribution in [2.45, 2.75) is 23.5 Å². The van der Waals surface area contributed by atoms with Gasteiger partial charge in [-0.3, -0.25) is 4.99 Å². The van der Waals surface area contributed by atoms with Crippen LogP contribution in [0.1, 0.15) is 17.5 Å². The van der Waals surface area contributed by atoms with Crippen LogP contribution in [-0.2, 0) is 12.7 Å². The molecule has 11 heteroatoms. The maximum absolute atomic E-state index is 13.1. The molecule has 2 N–H and O–H groups in total. The summed E-state index contributed by atoms with van der Waals surface area (Å²) in [5.41, 5.74) is -1.03. The monoisotopic (exact) mass is 534 g/mol. The first-order chi connectivity index (χ1) is 12.4. The molecule has 0 saturated heterocycles. The van der Waals surface area contributed by atoms with Gasteiger partial charge >= 0.3 is 6.18 Å². The van der Waals surface area contributed by atoms with E-state index < -0.39 is 17.6 Å². The lowest BCUT2D eigenvalue weighted by Gasteiger charge is -2.16. The number of aliphatic imine (C=N–C) groups is 1. The van der Waals surface area contributed by atoms with Crippen molar-refractivity contribution >= 4 is 53.0 Å². The van der Waals surface area contributed by atoms with E-state index in [-0.39, 0.29) is 36.1 Å². The predicted molar refractivity (Wildman–Crippen MR) is 112 cm³/mol. The third kappa shape index (κ3) is 8.21. The van der Waals surface area contributed by atoms with Crippen molar-refractivity contribution in [2.75, 3.05) is 19.3 Å². The van der Waals surface area contributed by atoms with Gasteiger partial charge in [0.05, 0.1) is 5.56 Å². The highest BCUT2D eigenvalue weighted by molar-refractivity contribution is 14.0. The largest absolute Gasteiger partial charge is 0.416 e. The Labute approximate surface area is 180 Å². The van der Waals surface area contributed by atoms with Crippen molar-refractivity contribution in [3.63, 3.8) is 0 Å². The van der Waals surface area contributed by atoms with E-state index in [4.69, 9.17) is 0 Å². The predicted octanol–water partition coefficient (Wildman–Crippen LogP) is 4.77. The van der Waals surface area contributed by atoms with E-state index in [1.54, 1.807) is 29.3 Å². The second-order valence-corrected chi connectivity index (χ2v) is 7.39. The summed E-state index contributed by atoms with van der Waals surface area (Å²) in [7, 11) is 1.54. The molecule has 0 aliphatic carbocycles. The van der Waals surface area contributed by atoms with Gasteiger partial charge < -0.3 is 10.6 Å². The summed E-state index contributed by atoms with van der Waals surface area (Å²) in [6.07, 6.45) is -2.01. The van der Waals surface area contributed by atoms with Gasteiger partial charge in [0.1, 0.15) is 10.2 Å². The number of hydrogen-bond acceptors (Lipinski definition) is 4. The zero-order valence-electron chi connectivity index (χ0n) is 14.3. The van der Waals surface area contributed by atoms with Gasteiger partial charge in [0, 0.05) is 37.5 Å². The molecule has 0 aliphatic rings. The molecule has 4 nitrogen and oxygen atoms in total. The van der Waals surface area contributed by atoms with E-state index in [0.29, 0.717) is 18.6 Å². The molecular weight excluding hydrogens is 515 g/mol. The van der Waals surface area contributed by atoms with Gasteiger partial charge in [-0.2, -0.15) is 13.2 Å². The van der Waals surface area contributed by atoms with Gasteiger partial charge in [-0.25, -0.2) is 9.37 Å². The summed E-state index contributed by atoms with van der Waals surface area (Å²) in [5, 5.41) is 7.78. The van der Waals surface area contributed by atoms with Gasteiger partial charge in [0.2, 0.25) is 0 Å². The van der Waals surface area contributed by atoms with Crippen LogP contribution in [0.3, 0.4) is 0 Å². The van der Waals surface area contributed by atoms with Gasteiger partial charge in [0.15, 0.2) is 5.96 Å². The smallest absolute Gasteiger partial charge is 0.356 e. The summed E-state index contributed by atoms with van der Waals surface area (Å²) in [6.45, 7) is 0.510. The molecule has 150 valence electrons. The molecule has 0 bridgehead atoms. The number of alkyl halides is 3. The topological polar surface area (TPSA) is 49.3 Å². The van der Waals surface area contributed by atoms with Gasteiger partial charge in [-0.1, -0.05) is 17.8 Å². The zero-order chi connectivity index (χ0) is 19.0. The van der Waals surface area contributed by atoms with Gasteiger partial charge in [-0.15, -0.1) is 35.3 Å². The second-order valence-electron chi connectivity index (χ2n) is 5.15. The normalized spacial score (nSPS) is 11.8. The minimum absolute atomic E-state index is 0. The van der Waals surface area contributed by atoms with Crippen molar-refractivity contribution in [2.24, 2.45) is 4.99 Å². The third-order valence-corrected chi connectivity index (χ3v) is 5.35. The minimum atomic E-state index is -4.61. The Kier molecular flexibility index (Phi) is 10.4. The van der Waals surface area contributed by atoms with Crippen LogP contribution in [0.5, 0.6) is 0 Å². The fraction of sp³-hybridized carbons (Fsp3) is 0.375. The number of hydrogen-bond donors (Lipinski definition) is 2. The molecule has 0 unspecified atom stereocenters. The minimum Gasteiger partial charge on any atom is -0.356 e. The molecule has 0 spiro atoms. The molecule has 2 aromatic rings. The maximum Gasteiger partial charge on any atom is 0.416 e. The molecule has 0 atom stereocenters. The Hall–Kier alpha value is -1.08. The molecule has 0 fully saturated rings. The number of halogens is 5. The number of nitrogens with one attached hydrogen (secondary N) is 2. The Morgan fingerprint density at radius 2 is 2.07 bits per heavy atom. The van der Waals surface area contributed by atoms with Crippen LogP contribution >= 0.6 is 47.1 Å². The number of thiazole rings is 1. The lowest BCUT2D eigenvalue weighted by atomic mass is 10.1. The summed E-state index contributed by atoms with van der Waals surface area (Å²) in [6, 6.07) is 2.64. The van der Waals surface area contributed by atoms with Gasteiger partial charge in [-0.05, 0) is 24.1 Å². The van der Waals surface area contributed by atoms with Crippen LogP contribution in [0.25, 0.3) is 0 Å². The van der Waals surface area contributed by atoms with E-state index in [9.17, 15) is 17.6 Å². The van der Waals surface area contributed by atoms with Crippen LogP contribution in [-0.4, -0.2) is 30.3 Å². The number of rotatable bonds is 7. The maximum atomic E-state index is 13.1. The van der Waals surface area contributed by atoms with Crippen LogP contribution in [0.15, 0.2) is 39.1 Å².